The van der Waals surface area contributed by atoms with Crippen LogP contribution in [0, 0.1) is 5.92 Å². The quantitative estimate of drug-likeness (QED) is 0.128. The Labute approximate surface area is 233 Å². The molecule has 0 unspecified atom stereocenters. The first-order chi connectivity index (χ1) is 18.8. The molecule has 38 heavy (non-hydrogen) atoms. The summed E-state index contributed by atoms with van der Waals surface area (Å²) >= 11 is 0. The Morgan fingerprint density at radius 1 is 0.711 bits per heavy atom. The smallest absolute Gasteiger partial charge is 0.183 e. The van der Waals surface area contributed by atoms with E-state index in [0.717, 1.165) is 44.0 Å². The summed E-state index contributed by atoms with van der Waals surface area (Å²) in [7, 11) is 0. The van der Waals surface area contributed by atoms with Crippen LogP contribution in [0.2, 0.25) is 0 Å². The monoisotopic (exact) mass is 520 g/mol. The fourth-order valence-electron chi connectivity index (χ4n) is 5.16. The zero-order chi connectivity index (χ0) is 26.7. The van der Waals surface area contributed by atoms with Gasteiger partial charge in [-0.1, -0.05) is 120 Å². The number of benzene rings is 2. The van der Waals surface area contributed by atoms with Crippen LogP contribution in [0.25, 0.3) is 11.1 Å². The molecule has 210 valence electrons. The van der Waals surface area contributed by atoms with E-state index in [9.17, 15) is 0 Å². The number of unbranched alkanes of at least 4 members (excludes halogenated alkanes) is 12. The average Bonchev–Trinajstić information content (AvgIpc) is 2.97. The van der Waals surface area contributed by atoms with Crippen LogP contribution in [0.4, 0.5) is 0 Å². The van der Waals surface area contributed by atoms with Crippen molar-refractivity contribution < 1.29 is 14.2 Å². The third-order valence-electron chi connectivity index (χ3n) is 7.62. The fraction of sp³-hybridized carbons (Fsp3) is 0.600. The van der Waals surface area contributed by atoms with Gasteiger partial charge in [-0.3, -0.25) is 0 Å². The Bertz CT molecular complexity index is 850. The van der Waals surface area contributed by atoms with Crippen LogP contribution in [0.3, 0.4) is 0 Å². The standard InChI is InChI=1S/C35H52O3/c1-3-5-7-9-11-12-13-14-16-18-30-28-37-35(38-29-30)33-21-19-31(20-22-33)32-23-25-34(26-24-32)36-27-17-15-10-8-6-4-2/h3,19-26,30,35H,1,4-18,27-29H2,2H3. The molecule has 2 aromatic rings. The number of hydrogen-bond donors (Lipinski definition) is 0. The van der Waals surface area contributed by atoms with Gasteiger partial charge in [0.25, 0.3) is 0 Å². The van der Waals surface area contributed by atoms with Gasteiger partial charge in [-0.2, -0.15) is 0 Å². The normalized spacial score (nSPS) is 17.4. The van der Waals surface area contributed by atoms with E-state index >= 15 is 0 Å². The van der Waals surface area contributed by atoms with Gasteiger partial charge >= 0.3 is 0 Å². The van der Waals surface area contributed by atoms with Gasteiger partial charge < -0.3 is 14.2 Å². The molecule has 1 aliphatic heterocycles. The molecule has 1 fully saturated rings. The van der Waals surface area contributed by atoms with E-state index in [4.69, 9.17) is 14.2 Å². The molecule has 0 amide bonds. The van der Waals surface area contributed by atoms with E-state index in [1.165, 1.54) is 94.6 Å². The van der Waals surface area contributed by atoms with Crippen LogP contribution in [0.15, 0.2) is 61.2 Å². The Morgan fingerprint density at radius 3 is 1.89 bits per heavy atom. The van der Waals surface area contributed by atoms with Gasteiger partial charge in [0.2, 0.25) is 0 Å². The summed E-state index contributed by atoms with van der Waals surface area (Å²) in [6.07, 6.45) is 21.2. The number of ether oxygens (including phenoxy) is 3. The highest BCUT2D eigenvalue weighted by Crippen LogP contribution is 2.30. The molecular weight excluding hydrogens is 468 g/mol. The van der Waals surface area contributed by atoms with Gasteiger partial charge in [-0.25, -0.2) is 0 Å². The maximum absolute atomic E-state index is 6.10. The van der Waals surface area contributed by atoms with Crippen molar-refractivity contribution in [2.45, 2.75) is 110 Å². The summed E-state index contributed by atoms with van der Waals surface area (Å²) < 4.78 is 18.1. The first-order valence-electron chi connectivity index (χ1n) is 15.5. The lowest BCUT2D eigenvalue weighted by Crippen LogP contribution is -2.27. The molecule has 0 radical (unpaired) electrons. The van der Waals surface area contributed by atoms with Gasteiger partial charge in [0.1, 0.15) is 5.75 Å². The van der Waals surface area contributed by atoms with Crippen LogP contribution >= 0.6 is 0 Å². The van der Waals surface area contributed by atoms with Crippen LogP contribution in [-0.4, -0.2) is 19.8 Å². The van der Waals surface area contributed by atoms with Crippen molar-refractivity contribution in [1.29, 1.82) is 0 Å². The van der Waals surface area contributed by atoms with E-state index in [2.05, 4.69) is 62.0 Å². The lowest BCUT2D eigenvalue weighted by Gasteiger charge is -2.29. The summed E-state index contributed by atoms with van der Waals surface area (Å²) in [5.41, 5.74) is 3.50. The maximum atomic E-state index is 6.10. The van der Waals surface area contributed by atoms with Gasteiger partial charge in [0, 0.05) is 11.5 Å². The predicted octanol–water partition coefficient (Wildman–Crippen LogP) is 10.5. The van der Waals surface area contributed by atoms with Gasteiger partial charge in [0.15, 0.2) is 6.29 Å². The van der Waals surface area contributed by atoms with E-state index in [-0.39, 0.29) is 6.29 Å². The maximum Gasteiger partial charge on any atom is 0.183 e. The van der Waals surface area contributed by atoms with Crippen molar-refractivity contribution in [1.82, 2.24) is 0 Å². The third-order valence-corrected chi connectivity index (χ3v) is 7.62. The van der Waals surface area contributed by atoms with E-state index in [0.29, 0.717) is 5.92 Å². The molecule has 2 aromatic carbocycles. The molecule has 1 saturated heterocycles. The zero-order valence-corrected chi connectivity index (χ0v) is 24.0. The minimum absolute atomic E-state index is 0.242. The van der Waals surface area contributed by atoms with Crippen LogP contribution in [0.5, 0.6) is 5.75 Å². The lowest BCUT2D eigenvalue weighted by atomic mass is 10.00. The molecular formula is C35H52O3. The predicted molar refractivity (Wildman–Crippen MR) is 161 cm³/mol. The second-order valence-electron chi connectivity index (χ2n) is 11.0. The SMILES string of the molecule is C=CCCCCCCCCCC1COC(c2ccc(-c3ccc(OCCCCCCCC)cc3)cc2)OC1. The summed E-state index contributed by atoms with van der Waals surface area (Å²) in [5.74, 6) is 1.48. The van der Waals surface area contributed by atoms with Gasteiger partial charge in [-0.15, -0.1) is 6.58 Å². The third kappa shape index (κ3) is 11.7. The molecule has 0 aliphatic carbocycles. The Morgan fingerprint density at radius 2 is 1.26 bits per heavy atom. The summed E-state index contributed by atoms with van der Waals surface area (Å²) in [4.78, 5) is 0. The van der Waals surface area contributed by atoms with Crippen molar-refractivity contribution in [3.05, 3.63) is 66.7 Å². The number of hydrogen-bond acceptors (Lipinski definition) is 3. The lowest BCUT2D eigenvalue weighted by molar-refractivity contribution is -0.206. The molecule has 0 atom stereocenters. The first kappa shape index (κ1) is 30.4. The Balaban J connectivity index is 1.29. The molecule has 0 aromatic heterocycles. The van der Waals surface area contributed by atoms with E-state index < -0.39 is 0 Å². The topological polar surface area (TPSA) is 27.7 Å². The first-order valence-corrected chi connectivity index (χ1v) is 15.5. The Kier molecular flexibility index (Phi) is 15.3. The molecule has 0 spiro atoms. The summed E-state index contributed by atoms with van der Waals surface area (Å²) in [6, 6.07) is 17.1. The van der Waals surface area contributed by atoms with Crippen LogP contribution in [-0.2, 0) is 9.47 Å². The van der Waals surface area contributed by atoms with Crippen LogP contribution in [0.1, 0.15) is 115 Å². The number of rotatable bonds is 20. The largest absolute Gasteiger partial charge is 0.494 e. The summed E-state index contributed by atoms with van der Waals surface area (Å²) in [6.45, 7) is 8.46. The molecule has 0 saturated carbocycles. The second-order valence-corrected chi connectivity index (χ2v) is 11.0. The average molecular weight is 521 g/mol. The fourth-order valence-corrected chi connectivity index (χ4v) is 5.16. The minimum Gasteiger partial charge on any atom is -0.494 e. The molecule has 0 bridgehead atoms. The van der Waals surface area contributed by atoms with Gasteiger partial charge in [-0.05, 0) is 48.9 Å². The second kappa shape index (κ2) is 19.0. The van der Waals surface area contributed by atoms with Crippen molar-refractivity contribution in [2.24, 2.45) is 5.92 Å². The van der Waals surface area contributed by atoms with Crippen molar-refractivity contribution >= 4 is 0 Å². The zero-order valence-electron chi connectivity index (χ0n) is 24.0. The highest BCUT2D eigenvalue weighted by atomic mass is 16.7. The molecule has 0 N–H and O–H groups in total. The molecule has 3 rings (SSSR count). The molecule has 1 heterocycles. The van der Waals surface area contributed by atoms with E-state index in [1.807, 2.05) is 6.08 Å². The van der Waals surface area contributed by atoms with Crippen LogP contribution < -0.4 is 4.74 Å². The molecule has 3 nitrogen and oxygen atoms in total. The van der Waals surface area contributed by atoms with E-state index in [1.54, 1.807) is 0 Å². The number of allylic oxidation sites excluding steroid dienone is 1. The highest BCUT2D eigenvalue weighted by Gasteiger charge is 2.23. The highest BCUT2D eigenvalue weighted by molar-refractivity contribution is 5.64. The minimum atomic E-state index is -0.242. The Hall–Kier alpha value is -2.10. The van der Waals surface area contributed by atoms with Crippen molar-refractivity contribution in [2.75, 3.05) is 19.8 Å². The van der Waals surface area contributed by atoms with Crippen molar-refractivity contribution in [3.8, 4) is 16.9 Å². The summed E-state index contributed by atoms with van der Waals surface area (Å²) in [5, 5.41) is 0. The molecule has 3 heteroatoms. The van der Waals surface area contributed by atoms with Crippen molar-refractivity contribution in [3.63, 3.8) is 0 Å². The van der Waals surface area contributed by atoms with Gasteiger partial charge in [0.05, 0.1) is 19.8 Å². The molecule has 1 aliphatic rings.